The van der Waals surface area contributed by atoms with Gasteiger partial charge in [0.15, 0.2) is 0 Å². The highest BCUT2D eigenvalue weighted by atomic mass is 19.4. The second-order valence-corrected chi connectivity index (χ2v) is 7.03. The number of nitro benzene ring substituents is 1. The molecule has 10 heteroatoms. The number of aromatic amines is 1. The summed E-state index contributed by atoms with van der Waals surface area (Å²) in [6.07, 6.45) is -3.15. The SMILES string of the molecule is O=[N+]([O-])c1cc(OCc2ccccc2)ccc1CNc1cc(C(F)(F)F)cc2[nH]ncc12. The zero-order valence-electron chi connectivity index (χ0n) is 16.5. The number of nitrogens with one attached hydrogen (secondary N) is 2. The molecule has 7 nitrogen and oxygen atoms in total. The number of alkyl halides is 3. The van der Waals surface area contributed by atoms with Gasteiger partial charge < -0.3 is 10.1 Å². The second kappa shape index (κ2) is 8.58. The zero-order valence-corrected chi connectivity index (χ0v) is 16.5. The van der Waals surface area contributed by atoms with Gasteiger partial charge in [-0.2, -0.15) is 18.3 Å². The summed E-state index contributed by atoms with van der Waals surface area (Å²) < 4.78 is 45.3. The smallest absolute Gasteiger partial charge is 0.416 e. The van der Waals surface area contributed by atoms with Gasteiger partial charge in [-0.3, -0.25) is 15.2 Å². The highest BCUT2D eigenvalue weighted by Crippen LogP contribution is 2.35. The molecule has 0 aliphatic carbocycles. The van der Waals surface area contributed by atoms with Crippen LogP contribution in [0, 0.1) is 10.1 Å². The fraction of sp³-hybridized carbons (Fsp3) is 0.136. The highest BCUT2D eigenvalue weighted by Gasteiger charge is 2.31. The summed E-state index contributed by atoms with van der Waals surface area (Å²) in [6.45, 7) is 0.190. The van der Waals surface area contributed by atoms with Crippen LogP contribution in [0.4, 0.5) is 24.5 Å². The molecule has 0 aliphatic rings. The number of nitro groups is 1. The van der Waals surface area contributed by atoms with E-state index in [2.05, 4.69) is 15.5 Å². The first-order valence-electron chi connectivity index (χ1n) is 9.53. The van der Waals surface area contributed by atoms with Crippen molar-refractivity contribution in [3.63, 3.8) is 0 Å². The van der Waals surface area contributed by atoms with E-state index in [-0.39, 0.29) is 30.0 Å². The Bertz CT molecular complexity index is 1260. The molecular formula is C22H17F3N4O3. The minimum Gasteiger partial charge on any atom is -0.489 e. The number of benzene rings is 3. The predicted molar refractivity (Wildman–Crippen MR) is 112 cm³/mol. The third kappa shape index (κ3) is 4.64. The lowest BCUT2D eigenvalue weighted by molar-refractivity contribution is -0.385. The summed E-state index contributed by atoms with van der Waals surface area (Å²) in [4.78, 5) is 11.0. The molecule has 0 unspecified atom stereocenters. The van der Waals surface area contributed by atoms with E-state index in [1.807, 2.05) is 30.3 Å². The fourth-order valence-electron chi connectivity index (χ4n) is 3.25. The van der Waals surface area contributed by atoms with E-state index in [1.165, 1.54) is 18.3 Å². The number of halogens is 3. The molecule has 164 valence electrons. The van der Waals surface area contributed by atoms with Gasteiger partial charge in [0, 0.05) is 23.2 Å². The Kier molecular flexibility index (Phi) is 5.67. The minimum absolute atomic E-state index is 0.0587. The van der Waals surface area contributed by atoms with Crippen LogP contribution in [0.1, 0.15) is 16.7 Å². The third-order valence-corrected chi connectivity index (χ3v) is 4.86. The topological polar surface area (TPSA) is 93.1 Å². The van der Waals surface area contributed by atoms with E-state index in [0.717, 1.165) is 17.7 Å². The maximum Gasteiger partial charge on any atom is 0.416 e. The van der Waals surface area contributed by atoms with E-state index < -0.39 is 16.7 Å². The van der Waals surface area contributed by atoms with E-state index in [0.29, 0.717) is 16.7 Å². The largest absolute Gasteiger partial charge is 0.489 e. The van der Waals surface area contributed by atoms with Gasteiger partial charge in [-0.1, -0.05) is 30.3 Å². The molecule has 0 spiro atoms. The van der Waals surface area contributed by atoms with Crippen LogP contribution in [-0.4, -0.2) is 15.1 Å². The van der Waals surface area contributed by atoms with Crippen molar-refractivity contribution in [3.8, 4) is 5.75 Å². The average Bonchev–Trinajstić information content (AvgIpc) is 3.25. The van der Waals surface area contributed by atoms with Crippen molar-refractivity contribution >= 4 is 22.3 Å². The Balaban J connectivity index is 1.55. The molecule has 0 saturated carbocycles. The maximum absolute atomic E-state index is 13.2. The number of fused-ring (bicyclic) bond motifs is 1. The number of H-pyrrole nitrogens is 1. The lowest BCUT2D eigenvalue weighted by Crippen LogP contribution is -2.08. The second-order valence-electron chi connectivity index (χ2n) is 7.03. The van der Waals surface area contributed by atoms with Crippen LogP contribution in [-0.2, 0) is 19.3 Å². The van der Waals surface area contributed by atoms with Crippen LogP contribution in [0.3, 0.4) is 0 Å². The molecule has 32 heavy (non-hydrogen) atoms. The van der Waals surface area contributed by atoms with Crippen molar-refractivity contribution in [2.75, 3.05) is 5.32 Å². The predicted octanol–water partition coefficient (Wildman–Crippen LogP) is 5.68. The Labute approximate surface area is 180 Å². The van der Waals surface area contributed by atoms with Crippen molar-refractivity contribution in [1.29, 1.82) is 0 Å². The van der Waals surface area contributed by atoms with Gasteiger partial charge in [0.05, 0.1) is 28.3 Å². The Morgan fingerprint density at radius 1 is 1.09 bits per heavy atom. The summed E-state index contributed by atoms with van der Waals surface area (Å²) in [6, 6.07) is 15.7. The van der Waals surface area contributed by atoms with E-state index in [4.69, 9.17) is 4.74 Å². The van der Waals surface area contributed by atoms with Crippen molar-refractivity contribution in [1.82, 2.24) is 10.2 Å². The van der Waals surface area contributed by atoms with Crippen molar-refractivity contribution < 1.29 is 22.8 Å². The molecule has 4 rings (SSSR count). The monoisotopic (exact) mass is 442 g/mol. The van der Waals surface area contributed by atoms with Gasteiger partial charge >= 0.3 is 6.18 Å². The van der Waals surface area contributed by atoms with Crippen LogP contribution in [0.5, 0.6) is 5.75 Å². The third-order valence-electron chi connectivity index (χ3n) is 4.86. The Morgan fingerprint density at radius 3 is 2.59 bits per heavy atom. The molecule has 1 aromatic heterocycles. The van der Waals surface area contributed by atoms with Crippen LogP contribution >= 0.6 is 0 Å². The average molecular weight is 442 g/mol. The molecule has 0 saturated heterocycles. The maximum atomic E-state index is 13.2. The molecule has 0 atom stereocenters. The van der Waals surface area contributed by atoms with Crippen LogP contribution in [0.25, 0.3) is 10.9 Å². The standard InChI is InChI=1S/C22H17F3N4O3/c23-22(24,25)16-8-19(18-12-27-28-20(18)9-16)26-11-15-6-7-17(10-21(15)29(30)31)32-13-14-4-2-1-3-5-14/h1-10,12,26H,11,13H2,(H,27,28). The summed E-state index contributed by atoms with van der Waals surface area (Å²) in [7, 11) is 0. The van der Waals surface area contributed by atoms with Crippen LogP contribution in [0.2, 0.25) is 0 Å². The number of aromatic nitrogens is 2. The molecule has 0 amide bonds. The lowest BCUT2D eigenvalue weighted by atomic mass is 10.1. The molecule has 0 radical (unpaired) electrons. The van der Waals surface area contributed by atoms with Gasteiger partial charge in [0.25, 0.3) is 5.69 Å². The number of ether oxygens (including phenoxy) is 1. The van der Waals surface area contributed by atoms with Gasteiger partial charge in [-0.15, -0.1) is 0 Å². The first-order valence-corrected chi connectivity index (χ1v) is 9.53. The summed E-state index contributed by atoms with van der Waals surface area (Å²) >= 11 is 0. The molecule has 0 fully saturated rings. The molecule has 2 N–H and O–H groups in total. The highest BCUT2D eigenvalue weighted by molar-refractivity contribution is 5.91. The molecule has 4 aromatic rings. The van der Waals surface area contributed by atoms with Gasteiger partial charge in [-0.05, 0) is 29.8 Å². The first-order chi connectivity index (χ1) is 15.3. The van der Waals surface area contributed by atoms with E-state index in [9.17, 15) is 23.3 Å². The van der Waals surface area contributed by atoms with E-state index >= 15 is 0 Å². The van der Waals surface area contributed by atoms with Crippen molar-refractivity contribution in [2.45, 2.75) is 19.3 Å². The first kappa shape index (κ1) is 21.2. The zero-order chi connectivity index (χ0) is 22.7. The normalized spacial score (nSPS) is 11.5. The Hall–Kier alpha value is -4.08. The number of anilines is 1. The summed E-state index contributed by atoms with van der Waals surface area (Å²) in [5.74, 6) is 0.320. The number of hydrogen-bond acceptors (Lipinski definition) is 5. The molecule has 0 bridgehead atoms. The van der Waals surface area contributed by atoms with Crippen molar-refractivity contribution in [2.24, 2.45) is 0 Å². The molecule has 0 aliphatic heterocycles. The molecular weight excluding hydrogens is 425 g/mol. The van der Waals surface area contributed by atoms with Crippen LogP contribution in [0.15, 0.2) is 66.9 Å². The lowest BCUT2D eigenvalue weighted by Gasteiger charge is -2.13. The summed E-state index contributed by atoms with van der Waals surface area (Å²) in [5, 5.41) is 21.2. The van der Waals surface area contributed by atoms with Crippen molar-refractivity contribution in [3.05, 3.63) is 93.7 Å². The number of nitrogens with zero attached hydrogens (tertiary/aromatic N) is 2. The van der Waals surface area contributed by atoms with E-state index in [1.54, 1.807) is 6.07 Å². The van der Waals surface area contributed by atoms with Gasteiger partial charge in [0.2, 0.25) is 0 Å². The van der Waals surface area contributed by atoms with Gasteiger partial charge in [0.1, 0.15) is 12.4 Å². The fourth-order valence-corrected chi connectivity index (χ4v) is 3.25. The molecule has 3 aromatic carbocycles. The molecule has 1 heterocycles. The number of rotatable bonds is 7. The summed E-state index contributed by atoms with van der Waals surface area (Å²) in [5.41, 5.74) is 0.545. The van der Waals surface area contributed by atoms with Gasteiger partial charge in [-0.25, -0.2) is 0 Å². The quantitative estimate of drug-likeness (QED) is 0.284. The minimum atomic E-state index is -4.54. The number of hydrogen-bond donors (Lipinski definition) is 2. The van der Waals surface area contributed by atoms with Crippen LogP contribution < -0.4 is 10.1 Å². The Morgan fingerprint density at radius 2 is 1.88 bits per heavy atom.